The highest BCUT2D eigenvalue weighted by molar-refractivity contribution is 5.99. The number of aromatic nitrogens is 2. The molecule has 136 valence electrons. The molecule has 1 aromatic heterocycles. The lowest BCUT2D eigenvalue weighted by Gasteiger charge is -2.25. The molecular formula is C21H20N4O2. The number of carbonyl (C=O) groups excluding carboxylic acids is 2. The molecule has 0 radical (unpaired) electrons. The van der Waals surface area contributed by atoms with Crippen LogP contribution < -0.4 is 5.32 Å². The van der Waals surface area contributed by atoms with Crippen molar-refractivity contribution in [2.24, 2.45) is 0 Å². The number of benzene rings is 2. The van der Waals surface area contributed by atoms with Crippen molar-refractivity contribution in [2.45, 2.75) is 31.3 Å². The fourth-order valence-corrected chi connectivity index (χ4v) is 4.25. The zero-order chi connectivity index (χ0) is 18.4. The van der Waals surface area contributed by atoms with Crippen LogP contribution in [0.25, 0.3) is 11.0 Å². The summed E-state index contributed by atoms with van der Waals surface area (Å²) in [6.45, 7) is 0.725. The van der Waals surface area contributed by atoms with E-state index in [1.807, 2.05) is 53.4 Å². The van der Waals surface area contributed by atoms with Crippen LogP contribution >= 0.6 is 0 Å². The Morgan fingerprint density at radius 2 is 1.96 bits per heavy atom. The molecule has 2 aromatic carbocycles. The summed E-state index contributed by atoms with van der Waals surface area (Å²) in [6.07, 6.45) is 2.14. The van der Waals surface area contributed by atoms with Crippen LogP contribution in [0, 0.1) is 0 Å². The van der Waals surface area contributed by atoms with Crippen LogP contribution in [0.4, 0.5) is 0 Å². The first kappa shape index (κ1) is 16.1. The Morgan fingerprint density at radius 1 is 1.15 bits per heavy atom. The number of rotatable bonds is 3. The second-order valence-electron chi connectivity index (χ2n) is 7.20. The number of amides is 2. The second kappa shape index (κ2) is 6.23. The van der Waals surface area contributed by atoms with Gasteiger partial charge in [-0.25, -0.2) is 4.98 Å². The third-order valence-corrected chi connectivity index (χ3v) is 5.56. The number of aromatic amines is 1. The Hall–Kier alpha value is -3.15. The molecule has 6 nitrogen and oxygen atoms in total. The number of nitrogens with one attached hydrogen (secondary N) is 2. The van der Waals surface area contributed by atoms with Crippen LogP contribution in [0.1, 0.15) is 53.1 Å². The van der Waals surface area contributed by atoms with E-state index in [4.69, 9.17) is 0 Å². The number of likely N-dealkylation sites (tertiary alicyclic amines) is 1. The van der Waals surface area contributed by atoms with Gasteiger partial charge in [0.25, 0.3) is 5.91 Å². The van der Waals surface area contributed by atoms with Crippen LogP contribution in [0.3, 0.4) is 0 Å². The van der Waals surface area contributed by atoms with Gasteiger partial charge in [0.15, 0.2) is 0 Å². The van der Waals surface area contributed by atoms with Crippen molar-refractivity contribution in [1.82, 2.24) is 20.2 Å². The predicted molar refractivity (Wildman–Crippen MR) is 101 cm³/mol. The van der Waals surface area contributed by atoms with Crippen LogP contribution in [0.15, 0.2) is 48.5 Å². The highest BCUT2D eigenvalue weighted by atomic mass is 16.2. The van der Waals surface area contributed by atoms with Crippen molar-refractivity contribution in [2.75, 3.05) is 6.54 Å². The molecule has 2 aliphatic heterocycles. The summed E-state index contributed by atoms with van der Waals surface area (Å²) >= 11 is 0. The fraction of sp³-hybridized carbons (Fsp3) is 0.286. The lowest BCUT2D eigenvalue weighted by molar-refractivity contribution is -0.132. The van der Waals surface area contributed by atoms with Crippen molar-refractivity contribution in [3.63, 3.8) is 0 Å². The minimum atomic E-state index is -0.252. The number of H-pyrrole nitrogens is 1. The van der Waals surface area contributed by atoms with Crippen LogP contribution in [-0.2, 0) is 4.79 Å². The largest absolute Gasteiger partial charge is 0.345 e. The van der Waals surface area contributed by atoms with Gasteiger partial charge in [0.2, 0.25) is 5.91 Å². The summed E-state index contributed by atoms with van der Waals surface area (Å²) in [5.41, 5.74) is 3.49. The summed E-state index contributed by atoms with van der Waals surface area (Å²) in [5, 5.41) is 2.94. The van der Waals surface area contributed by atoms with Crippen molar-refractivity contribution in [1.29, 1.82) is 0 Å². The minimum Gasteiger partial charge on any atom is -0.345 e. The normalized spacial score (nSPS) is 21.5. The molecule has 2 amide bonds. The molecule has 3 aromatic rings. The zero-order valence-corrected chi connectivity index (χ0v) is 14.8. The van der Waals surface area contributed by atoms with Crippen molar-refractivity contribution in [3.05, 3.63) is 65.5 Å². The zero-order valence-electron chi connectivity index (χ0n) is 14.8. The summed E-state index contributed by atoms with van der Waals surface area (Å²) in [6, 6.07) is 15.1. The molecule has 0 spiro atoms. The Balaban J connectivity index is 1.37. The van der Waals surface area contributed by atoms with E-state index < -0.39 is 0 Å². The van der Waals surface area contributed by atoms with Gasteiger partial charge in [-0.05, 0) is 36.6 Å². The van der Waals surface area contributed by atoms with Gasteiger partial charge in [0, 0.05) is 12.1 Å². The van der Waals surface area contributed by atoms with Gasteiger partial charge in [-0.15, -0.1) is 0 Å². The molecule has 2 atom stereocenters. The first-order chi connectivity index (χ1) is 13.2. The molecule has 5 rings (SSSR count). The number of carbonyl (C=O) groups is 2. The van der Waals surface area contributed by atoms with Crippen molar-refractivity contribution >= 4 is 22.8 Å². The van der Waals surface area contributed by atoms with Gasteiger partial charge in [0.1, 0.15) is 5.82 Å². The Labute approximate surface area is 156 Å². The summed E-state index contributed by atoms with van der Waals surface area (Å²) in [7, 11) is 0. The van der Waals surface area contributed by atoms with E-state index in [-0.39, 0.29) is 30.3 Å². The number of hydrogen-bond acceptors (Lipinski definition) is 3. The van der Waals surface area contributed by atoms with Crippen molar-refractivity contribution in [3.8, 4) is 0 Å². The number of imidazole rings is 1. The SMILES string of the molecule is O=C1NC(CC(=O)N2CCC[C@H]2c2nc3ccccc3[nH]2)c2ccccc21. The average molecular weight is 360 g/mol. The quantitative estimate of drug-likeness (QED) is 0.753. The average Bonchev–Trinajstić information content (AvgIpc) is 3.39. The van der Waals surface area contributed by atoms with E-state index in [1.165, 1.54) is 0 Å². The van der Waals surface area contributed by atoms with Gasteiger partial charge in [-0.1, -0.05) is 30.3 Å². The van der Waals surface area contributed by atoms with E-state index in [0.717, 1.165) is 41.8 Å². The highest BCUT2D eigenvalue weighted by Crippen LogP contribution is 2.34. The molecule has 6 heteroatoms. The highest BCUT2D eigenvalue weighted by Gasteiger charge is 2.36. The molecular weight excluding hydrogens is 340 g/mol. The number of para-hydroxylation sites is 2. The third kappa shape index (κ3) is 2.68. The molecule has 2 N–H and O–H groups in total. The molecule has 2 aliphatic rings. The Morgan fingerprint density at radius 3 is 2.85 bits per heavy atom. The summed E-state index contributed by atoms with van der Waals surface area (Å²) in [5.74, 6) is 0.802. The molecule has 0 bridgehead atoms. The van der Waals surface area contributed by atoms with E-state index >= 15 is 0 Å². The maximum Gasteiger partial charge on any atom is 0.252 e. The first-order valence-electron chi connectivity index (χ1n) is 9.34. The molecule has 3 heterocycles. The monoisotopic (exact) mass is 360 g/mol. The molecule has 27 heavy (non-hydrogen) atoms. The standard InChI is InChI=1S/C21H20N4O2/c26-19(12-17-13-6-1-2-7-14(13)21(27)24-17)25-11-5-10-18(25)20-22-15-8-3-4-9-16(15)23-20/h1-4,6-9,17-18H,5,10-12H2,(H,22,23)(H,24,27)/t17?,18-/m0/s1. The van der Waals surface area contributed by atoms with Gasteiger partial charge in [-0.2, -0.15) is 0 Å². The van der Waals surface area contributed by atoms with Crippen LogP contribution in [0.5, 0.6) is 0 Å². The van der Waals surface area contributed by atoms with Gasteiger partial charge in [-0.3, -0.25) is 9.59 Å². The van der Waals surface area contributed by atoms with E-state index in [1.54, 1.807) is 0 Å². The number of nitrogens with zero attached hydrogens (tertiary/aromatic N) is 2. The first-order valence-corrected chi connectivity index (χ1v) is 9.34. The Kier molecular flexibility index (Phi) is 3.70. The van der Waals surface area contributed by atoms with E-state index in [2.05, 4.69) is 15.3 Å². The molecule has 1 unspecified atom stereocenters. The lowest BCUT2D eigenvalue weighted by Crippen LogP contribution is -2.34. The van der Waals surface area contributed by atoms with Crippen molar-refractivity contribution < 1.29 is 9.59 Å². The lowest BCUT2D eigenvalue weighted by atomic mass is 10.0. The maximum absolute atomic E-state index is 13.0. The Bertz CT molecular complexity index is 1010. The summed E-state index contributed by atoms with van der Waals surface area (Å²) in [4.78, 5) is 35.1. The number of fused-ring (bicyclic) bond motifs is 2. The topological polar surface area (TPSA) is 78.1 Å². The predicted octanol–water partition coefficient (Wildman–Crippen LogP) is 3.10. The minimum absolute atomic E-state index is 0.0303. The van der Waals surface area contributed by atoms with Gasteiger partial charge in [0.05, 0.1) is 29.5 Å². The van der Waals surface area contributed by atoms with E-state index in [9.17, 15) is 9.59 Å². The van der Waals surface area contributed by atoms with Gasteiger partial charge < -0.3 is 15.2 Å². The second-order valence-corrected chi connectivity index (χ2v) is 7.20. The third-order valence-electron chi connectivity index (χ3n) is 5.56. The number of hydrogen-bond donors (Lipinski definition) is 2. The fourth-order valence-electron chi connectivity index (χ4n) is 4.25. The summed E-state index contributed by atoms with van der Waals surface area (Å²) < 4.78 is 0. The molecule has 1 fully saturated rings. The van der Waals surface area contributed by atoms with Crippen LogP contribution in [0.2, 0.25) is 0 Å². The molecule has 0 aliphatic carbocycles. The maximum atomic E-state index is 13.0. The van der Waals surface area contributed by atoms with Crippen LogP contribution in [-0.4, -0.2) is 33.2 Å². The van der Waals surface area contributed by atoms with E-state index in [0.29, 0.717) is 5.56 Å². The molecule has 0 saturated carbocycles. The molecule has 1 saturated heterocycles. The van der Waals surface area contributed by atoms with Gasteiger partial charge >= 0.3 is 0 Å². The smallest absolute Gasteiger partial charge is 0.252 e.